The maximum Gasteiger partial charge on any atom is 0.255 e. The molecule has 0 bridgehead atoms. The second-order valence-corrected chi connectivity index (χ2v) is 9.30. The van der Waals surface area contributed by atoms with Crippen LogP contribution in [-0.4, -0.2) is 57.3 Å². The van der Waals surface area contributed by atoms with E-state index in [4.69, 9.17) is 0 Å². The molecule has 3 aromatic heterocycles. The predicted octanol–water partition coefficient (Wildman–Crippen LogP) is 2.84. The third-order valence-corrected chi connectivity index (χ3v) is 6.58. The van der Waals surface area contributed by atoms with Gasteiger partial charge in [-0.25, -0.2) is 4.98 Å². The summed E-state index contributed by atoms with van der Waals surface area (Å²) in [6.07, 6.45) is 6.78. The molecule has 9 heteroatoms. The van der Waals surface area contributed by atoms with E-state index in [0.717, 1.165) is 29.5 Å². The van der Waals surface area contributed by atoms with E-state index >= 15 is 0 Å². The first-order valence-electron chi connectivity index (χ1n) is 11.9. The molecule has 1 saturated heterocycles. The molecule has 0 spiro atoms. The summed E-state index contributed by atoms with van der Waals surface area (Å²) in [7, 11) is 0. The quantitative estimate of drug-likeness (QED) is 0.591. The predicted molar refractivity (Wildman–Crippen MR) is 133 cm³/mol. The summed E-state index contributed by atoms with van der Waals surface area (Å²) in [6, 6.07) is 8.86. The molecule has 4 heterocycles. The maximum atomic E-state index is 12.8. The lowest BCUT2D eigenvalue weighted by atomic mass is 10.0. The topological polar surface area (TPSA) is 111 Å². The Morgan fingerprint density at radius 1 is 1.14 bits per heavy atom. The summed E-state index contributed by atoms with van der Waals surface area (Å²) in [5, 5.41) is 2.88. The Balaban J connectivity index is 1.37. The molecule has 180 valence electrons. The summed E-state index contributed by atoms with van der Waals surface area (Å²) in [5.74, 6) is 1.22. The molecule has 1 atom stereocenters. The summed E-state index contributed by atoms with van der Waals surface area (Å²) in [6.45, 7) is 5.63. The molecule has 35 heavy (non-hydrogen) atoms. The van der Waals surface area contributed by atoms with E-state index in [1.165, 1.54) is 0 Å². The molecule has 0 unspecified atom stereocenters. The molecule has 2 N–H and O–H groups in total. The van der Waals surface area contributed by atoms with Crippen molar-refractivity contribution in [3.63, 3.8) is 0 Å². The minimum atomic E-state index is -0.210. The van der Waals surface area contributed by atoms with E-state index < -0.39 is 0 Å². The van der Waals surface area contributed by atoms with E-state index in [1.54, 1.807) is 36.8 Å². The number of aromatic nitrogens is 3. The molecule has 0 aromatic carbocycles. The Kier molecular flexibility index (Phi) is 6.07. The second kappa shape index (κ2) is 9.32. The average molecular weight is 473 g/mol. The van der Waals surface area contributed by atoms with Crippen LogP contribution in [-0.2, 0) is 4.79 Å². The Hall–Kier alpha value is -4.01. The van der Waals surface area contributed by atoms with Crippen LogP contribution in [0.5, 0.6) is 0 Å². The van der Waals surface area contributed by atoms with Crippen LogP contribution in [0.25, 0.3) is 11.1 Å². The summed E-state index contributed by atoms with van der Waals surface area (Å²) < 4.78 is 0. The lowest BCUT2D eigenvalue weighted by Gasteiger charge is -2.41. The number of amides is 2. The fourth-order valence-electron chi connectivity index (χ4n) is 4.49. The number of H-pyrrole nitrogens is 1. The Labute approximate surface area is 203 Å². The monoisotopic (exact) mass is 472 g/mol. The van der Waals surface area contributed by atoms with Crippen molar-refractivity contribution in [1.82, 2.24) is 19.9 Å². The van der Waals surface area contributed by atoms with Crippen molar-refractivity contribution in [2.24, 2.45) is 5.92 Å². The Morgan fingerprint density at radius 2 is 1.97 bits per heavy atom. The van der Waals surface area contributed by atoms with Gasteiger partial charge in [-0.1, -0.05) is 0 Å². The van der Waals surface area contributed by atoms with Crippen molar-refractivity contribution in [1.29, 1.82) is 0 Å². The number of nitrogens with one attached hydrogen (secondary N) is 2. The third kappa shape index (κ3) is 4.94. The van der Waals surface area contributed by atoms with Gasteiger partial charge in [0.2, 0.25) is 11.5 Å². The van der Waals surface area contributed by atoms with Gasteiger partial charge in [0.1, 0.15) is 11.6 Å². The summed E-state index contributed by atoms with van der Waals surface area (Å²) in [4.78, 5) is 52.9. The van der Waals surface area contributed by atoms with Crippen LogP contribution in [0.15, 0.2) is 53.7 Å². The summed E-state index contributed by atoms with van der Waals surface area (Å²) in [5.41, 5.74) is 2.87. The SMILES string of the molecule is Cc1cnc(NC(=O)C2CC2)cc1-c1cc(N2CCN(C(=O)c3cccnc3)C[C@@H]2C)[nH]c(=O)c1. The zero-order chi connectivity index (χ0) is 24.5. The van der Waals surface area contributed by atoms with Crippen LogP contribution in [0.1, 0.15) is 35.7 Å². The molecule has 0 radical (unpaired) electrons. The largest absolute Gasteiger partial charge is 0.352 e. The maximum absolute atomic E-state index is 12.8. The molecule has 1 aliphatic carbocycles. The van der Waals surface area contributed by atoms with Crippen molar-refractivity contribution >= 4 is 23.5 Å². The Bertz CT molecular complexity index is 1320. The van der Waals surface area contributed by atoms with Crippen LogP contribution in [0, 0.1) is 12.8 Å². The molecule has 2 fully saturated rings. The molecule has 5 rings (SSSR count). The Morgan fingerprint density at radius 3 is 2.69 bits per heavy atom. The molecule has 2 amide bonds. The lowest BCUT2D eigenvalue weighted by Crippen LogP contribution is -2.54. The minimum Gasteiger partial charge on any atom is -0.352 e. The lowest BCUT2D eigenvalue weighted by molar-refractivity contribution is -0.117. The van der Waals surface area contributed by atoms with Crippen LogP contribution >= 0.6 is 0 Å². The molecular weight excluding hydrogens is 444 g/mol. The smallest absolute Gasteiger partial charge is 0.255 e. The van der Waals surface area contributed by atoms with Crippen molar-refractivity contribution in [3.05, 3.63) is 70.4 Å². The highest BCUT2D eigenvalue weighted by Crippen LogP contribution is 2.31. The highest BCUT2D eigenvalue weighted by Gasteiger charge is 2.30. The fraction of sp³-hybridized carbons (Fsp3) is 0.346. The van der Waals surface area contributed by atoms with E-state index in [-0.39, 0.29) is 29.3 Å². The van der Waals surface area contributed by atoms with Crippen molar-refractivity contribution < 1.29 is 9.59 Å². The molecule has 9 nitrogen and oxygen atoms in total. The number of anilines is 2. The number of aromatic amines is 1. The van der Waals surface area contributed by atoms with Gasteiger partial charge >= 0.3 is 0 Å². The van der Waals surface area contributed by atoms with E-state index in [2.05, 4.69) is 25.2 Å². The number of aryl methyl sites for hydroxylation is 1. The zero-order valence-electron chi connectivity index (χ0n) is 19.8. The number of pyridine rings is 3. The van der Waals surface area contributed by atoms with Gasteiger partial charge in [-0.3, -0.25) is 19.4 Å². The average Bonchev–Trinajstić information content (AvgIpc) is 3.70. The van der Waals surface area contributed by atoms with Gasteiger partial charge in [-0.05, 0) is 67.6 Å². The normalized spacial score (nSPS) is 17.8. The first-order chi connectivity index (χ1) is 16.9. The number of carbonyl (C=O) groups excluding carboxylic acids is 2. The van der Waals surface area contributed by atoms with Gasteiger partial charge in [-0.2, -0.15) is 0 Å². The number of hydrogen-bond acceptors (Lipinski definition) is 6. The number of carbonyl (C=O) groups is 2. The van der Waals surface area contributed by atoms with E-state index in [0.29, 0.717) is 36.8 Å². The van der Waals surface area contributed by atoms with Crippen LogP contribution in [0.3, 0.4) is 0 Å². The third-order valence-electron chi connectivity index (χ3n) is 6.58. The first-order valence-corrected chi connectivity index (χ1v) is 11.9. The number of nitrogens with zero attached hydrogens (tertiary/aromatic N) is 4. The van der Waals surface area contributed by atoms with Gasteiger partial charge in [0.05, 0.1) is 5.56 Å². The van der Waals surface area contributed by atoms with Gasteiger partial charge in [0, 0.05) is 56.3 Å². The molecule has 1 saturated carbocycles. The first kappa shape index (κ1) is 22.8. The van der Waals surface area contributed by atoms with Crippen molar-refractivity contribution in [2.45, 2.75) is 32.7 Å². The van der Waals surface area contributed by atoms with Crippen LogP contribution < -0.4 is 15.8 Å². The van der Waals surface area contributed by atoms with Crippen molar-refractivity contribution in [2.75, 3.05) is 29.9 Å². The second-order valence-electron chi connectivity index (χ2n) is 9.30. The molecule has 3 aromatic rings. The van der Waals surface area contributed by atoms with Gasteiger partial charge in [0.15, 0.2) is 0 Å². The number of hydrogen-bond donors (Lipinski definition) is 2. The molecule has 1 aliphatic heterocycles. The number of piperazine rings is 1. The highest BCUT2D eigenvalue weighted by molar-refractivity contribution is 5.94. The van der Waals surface area contributed by atoms with Gasteiger partial charge in [0.25, 0.3) is 5.91 Å². The van der Waals surface area contributed by atoms with Crippen LogP contribution in [0.4, 0.5) is 11.6 Å². The van der Waals surface area contributed by atoms with Gasteiger partial charge in [-0.15, -0.1) is 0 Å². The molecule has 2 aliphatic rings. The van der Waals surface area contributed by atoms with Crippen molar-refractivity contribution in [3.8, 4) is 11.1 Å². The van der Waals surface area contributed by atoms with E-state index in [9.17, 15) is 14.4 Å². The fourth-order valence-corrected chi connectivity index (χ4v) is 4.49. The standard InChI is InChI=1S/C26H28N6O3/c1-16-13-28-22(29-25(34)18-5-6-18)12-21(16)20-10-23(30-24(33)11-20)32-9-8-31(15-17(32)2)26(35)19-4-3-7-27-14-19/h3-4,7,10-14,17-18H,5-6,8-9,15H2,1-2H3,(H,30,33)(H,28,29,34)/t17-/m0/s1. The van der Waals surface area contributed by atoms with Crippen LogP contribution in [0.2, 0.25) is 0 Å². The minimum absolute atomic E-state index is 0.00204. The van der Waals surface area contributed by atoms with E-state index in [1.807, 2.05) is 30.9 Å². The molecular formula is C26H28N6O3. The number of rotatable bonds is 5. The van der Waals surface area contributed by atoms with Gasteiger partial charge < -0.3 is 20.1 Å². The zero-order valence-corrected chi connectivity index (χ0v) is 19.8. The highest BCUT2D eigenvalue weighted by atomic mass is 16.2. The summed E-state index contributed by atoms with van der Waals surface area (Å²) >= 11 is 0.